The molecule has 0 fully saturated rings. The molecule has 7 nitrogen and oxygen atoms in total. The summed E-state index contributed by atoms with van der Waals surface area (Å²) in [5.41, 5.74) is 3.35. The van der Waals surface area contributed by atoms with Gasteiger partial charge in [-0.15, -0.1) is 0 Å². The zero-order valence-corrected chi connectivity index (χ0v) is 16.9. The number of carbonyl (C=O) groups is 1. The molecule has 1 aliphatic heterocycles. The number of ether oxygens (including phenoxy) is 2. The summed E-state index contributed by atoms with van der Waals surface area (Å²) in [6.45, 7) is 7.14. The minimum absolute atomic E-state index is 0.0811. The number of nitrogens with zero attached hydrogens (tertiary/aromatic N) is 2. The highest BCUT2D eigenvalue weighted by Gasteiger charge is 2.19. The van der Waals surface area contributed by atoms with Crippen LogP contribution in [-0.2, 0) is 17.8 Å². The van der Waals surface area contributed by atoms with Crippen molar-refractivity contribution < 1.29 is 14.3 Å². The van der Waals surface area contributed by atoms with E-state index < -0.39 is 11.7 Å². The van der Waals surface area contributed by atoms with Crippen molar-refractivity contribution in [2.24, 2.45) is 0 Å². The molecule has 4 rings (SSSR count). The highest BCUT2D eigenvalue weighted by atomic mass is 16.6. The van der Waals surface area contributed by atoms with Crippen molar-refractivity contribution in [3.05, 3.63) is 65.6 Å². The molecule has 0 radical (unpaired) electrons. The first-order chi connectivity index (χ1) is 13.9. The number of pyridine rings is 1. The second kappa shape index (κ2) is 7.75. The molecular formula is C22H26N4O3. The lowest BCUT2D eigenvalue weighted by molar-refractivity contribution is 0.0523. The SMILES string of the molecule is CC(C)(C)OC(=O)NCc1cn2cc(C3COc4ccccc4CN3)ccc2n1. The van der Waals surface area contributed by atoms with Crippen molar-refractivity contribution in [2.75, 3.05) is 6.61 Å². The van der Waals surface area contributed by atoms with E-state index >= 15 is 0 Å². The van der Waals surface area contributed by atoms with E-state index in [1.54, 1.807) is 0 Å². The first-order valence-electron chi connectivity index (χ1n) is 9.76. The van der Waals surface area contributed by atoms with Crippen molar-refractivity contribution in [3.8, 4) is 5.75 Å². The van der Waals surface area contributed by atoms with Gasteiger partial charge < -0.3 is 24.5 Å². The number of hydrogen-bond acceptors (Lipinski definition) is 5. The molecule has 7 heteroatoms. The zero-order valence-electron chi connectivity index (χ0n) is 16.9. The Morgan fingerprint density at radius 3 is 2.93 bits per heavy atom. The fourth-order valence-corrected chi connectivity index (χ4v) is 3.30. The quantitative estimate of drug-likeness (QED) is 0.710. The van der Waals surface area contributed by atoms with E-state index in [-0.39, 0.29) is 6.04 Å². The summed E-state index contributed by atoms with van der Waals surface area (Å²) in [5, 5.41) is 6.30. The Morgan fingerprint density at radius 2 is 2.10 bits per heavy atom. The summed E-state index contributed by atoms with van der Waals surface area (Å²) in [5.74, 6) is 0.932. The van der Waals surface area contributed by atoms with Gasteiger partial charge in [-0.3, -0.25) is 0 Å². The van der Waals surface area contributed by atoms with Gasteiger partial charge in [-0.2, -0.15) is 0 Å². The van der Waals surface area contributed by atoms with Crippen LogP contribution in [0, 0.1) is 0 Å². The van der Waals surface area contributed by atoms with Crippen LogP contribution in [0.15, 0.2) is 48.8 Å². The lowest BCUT2D eigenvalue weighted by atomic mass is 10.1. The van der Waals surface area contributed by atoms with Crippen molar-refractivity contribution in [1.82, 2.24) is 20.0 Å². The summed E-state index contributed by atoms with van der Waals surface area (Å²) >= 11 is 0. The molecule has 1 amide bonds. The summed E-state index contributed by atoms with van der Waals surface area (Å²) in [4.78, 5) is 16.4. The maximum absolute atomic E-state index is 11.8. The second-order valence-corrected chi connectivity index (χ2v) is 8.17. The van der Waals surface area contributed by atoms with Gasteiger partial charge in [0.1, 0.15) is 23.6 Å². The zero-order chi connectivity index (χ0) is 20.4. The number of para-hydroxylation sites is 1. The van der Waals surface area contributed by atoms with Gasteiger partial charge in [0, 0.05) is 24.5 Å². The molecule has 1 atom stereocenters. The normalized spacial score (nSPS) is 16.6. The number of rotatable bonds is 3. The third-order valence-corrected chi connectivity index (χ3v) is 4.66. The fourth-order valence-electron chi connectivity index (χ4n) is 3.30. The van der Waals surface area contributed by atoms with Crippen LogP contribution in [0.4, 0.5) is 4.79 Å². The number of amides is 1. The molecule has 0 spiro atoms. The van der Waals surface area contributed by atoms with Crippen LogP contribution in [0.25, 0.3) is 5.65 Å². The van der Waals surface area contributed by atoms with E-state index in [0.29, 0.717) is 13.2 Å². The summed E-state index contributed by atoms with van der Waals surface area (Å²) in [7, 11) is 0. The predicted molar refractivity (Wildman–Crippen MR) is 110 cm³/mol. The van der Waals surface area contributed by atoms with Gasteiger partial charge in [0.25, 0.3) is 0 Å². The number of imidazole rings is 1. The summed E-state index contributed by atoms with van der Waals surface area (Å²) in [6, 6.07) is 12.2. The minimum atomic E-state index is -0.522. The molecule has 0 saturated carbocycles. The van der Waals surface area contributed by atoms with Crippen LogP contribution in [0.2, 0.25) is 0 Å². The van der Waals surface area contributed by atoms with Crippen LogP contribution >= 0.6 is 0 Å². The number of carbonyl (C=O) groups excluding carboxylic acids is 1. The Bertz CT molecular complexity index is 995. The Labute approximate surface area is 170 Å². The molecule has 1 aliphatic rings. The van der Waals surface area contributed by atoms with Gasteiger partial charge in [-0.05, 0) is 38.5 Å². The van der Waals surface area contributed by atoms with E-state index in [0.717, 1.165) is 34.8 Å². The Morgan fingerprint density at radius 1 is 1.28 bits per heavy atom. The van der Waals surface area contributed by atoms with Crippen LogP contribution < -0.4 is 15.4 Å². The van der Waals surface area contributed by atoms with E-state index in [9.17, 15) is 4.79 Å². The molecule has 1 aromatic carbocycles. The molecule has 3 heterocycles. The molecule has 1 unspecified atom stereocenters. The summed E-state index contributed by atoms with van der Waals surface area (Å²) < 4.78 is 13.2. The molecular weight excluding hydrogens is 368 g/mol. The predicted octanol–water partition coefficient (Wildman–Crippen LogP) is 3.58. The first kappa shape index (κ1) is 19.3. The molecule has 2 N–H and O–H groups in total. The van der Waals surface area contributed by atoms with Crippen LogP contribution in [0.3, 0.4) is 0 Å². The largest absolute Gasteiger partial charge is 0.491 e. The molecule has 0 aliphatic carbocycles. The number of fused-ring (bicyclic) bond motifs is 2. The number of benzene rings is 1. The highest BCUT2D eigenvalue weighted by molar-refractivity contribution is 5.67. The number of hydrogen-bond donors (Lipinski definition) is 2. The molecule has 29 heavy (non-hydrogen) atoms. The lowest BCUT2D eigenvalue weighted by Crippen LogP contribution is -2.32. The minimum Gasteiger partial charge on any atom is -0.491 e. The molecule has 2 aromatic heterocycles. The number of alkyl carbamates (subject to hydrolysis) is 1. The van der Waals surface area contributed by atoms with Gasteiger partial charge in [0.15, 0.2) is 0 Å². The van der Waals surface area contributed by atoms with Gasteiger partial charge in [0.2, 0.25) is 0 Å². The lowest BCUT2D eigenvalue weighted by Gasteiger charge is -2.19. The molecule has 3 aromatic rings. The van der Waals surface area contributed by atoms with Gasteiger partial charge in [-0.25, -0.2) is 9.78 Å². The van der Waals surface area contributed by atoms with Gasteiger partial charge >= 0.3 is 6.09 Å². The van der Waals surface area contributed by atoms with Gasteiger partial charge in [0.05, 0.1) is 18.3 Å². The van der Waals surface area contributed by atoms with Crippen molar-refractivity contribution in [2.45, 2.75) is 45.5 Å². The second-order valence-electron chi connectivity index (χ2n) is 8.17. The topological polar surface area (TPSA) is 76.9 Å². The third kappa shape index (κ3) is 4.68. The Hall–Kier alpha value is -3.06. The van der Waals surface area contributed by atoms with Crippen LogP contribution in [-0.4, -0.2) is 27.7 Å². The third-order valence-electron chi connectivity index (χ3n) is 4.66. The van der Waals surface area contributed by atoms with Gasteiger partial charge in [-0.1, -0.05) is 24.3 Å². The number of aromatic nitrogens is 2. The van der Waals surface area contributed by atoms with Crippen LogP contribution in [0.1, 0.15) is 43.6 Å². The van der Waals surface area contributed by atoms with E-state index in [1.165, 1.54) is 0 Å². The average molecular weight is 394 g/mol. The smallest absolute Gasteiger partial charge is 0.407 e. The highest BCUT2D eigenvalue weighted by Crippen LogP contribution is 2.25. The maximum Gasteiger partial charge on any atom is 0.407 e. The first-order valence-corrected chi connectivity index (χ1v) is 9.76. The Balaban J connectivity index is 1.44. The Kier molecular flexibility index (Phi) is 5.15. The molecule has 152 valence electrons. The standard InChI is InChI=1S/C22H26N4O3/c1-22(2,3)29-21(27)24-11-17-13-26-12-16(8-9-20(26)25-17)18-14-28-19-7-5-4-6-15(19)10-23-18/h4-9,12-13,18,23H,10-11,14H2,1-3H3,(H,24,27). The monoisotopic (exact) mass is 394 g/mol. The molecule has 0 bridgehead atoms. The van der Waals surface area contributed by atoms with Crippen molar-refractivity contribution >= 4 is 11.7 Å². The van der Waals surface area contributed by atoms with Crippen molar-refractivity contribution in [1.29, 1.82) is 0 Å². The fraction of sp³-hybridized carbons (Fsp3) is 0.364. The molecule has 0 saturated heterocycles. The average Bonchev–Trinajstić information content (AvgIpc) is 2.95. The summed E-state index contributed by atoms with van der Waals surface area (Å²) in [6.07, 6.45) is 3.52. The number of nitrogens with one attached hydrogen (secondary N) is 2. The van der Waals surface area contributed by atoms with E-state index in [1.807, 2.05) is 55.6 Å². The van der Waals surface area contributed by atoms with Crippen molar-refractivity contribution in [3.63, 3.8) is 0 Å². The van der Waals surface area contributed by atoms with E-state index in [4.69, 9.17) is 9.47 Å². The van der Waals surface area contributed by atoms with E-state index in [2.05, 4.69) is 33.9 Å². The maximum atomic E-state index is 11.8. The van der Waals surface area contributed by atoms with Crippen LogP contribution in [0.5, 0.6) is 5.75 Å².